The van der Waals surface area contributed by atoms with Crippen LogP contribution in [-0.4, -0.2) is 54.6 Å². The van der Waals surface area contributed by atoms with Crippen LogP contribution in [0.5, 0.6) is 0 Å². The molecule has 1 aliphatic carbocycles. The second-order valence-corrected chi connectivity index (χ2v) is 7.04. The van der Waals surface area contributed by atoms with Gasteiger partial charge in [-0.25, -0.2) is 9.97 Å². The summed E-state index contributed by atoms with van der Waals surface area (Å²) in [5, 5.41) is 9.67. The van der Waals surface area contributed by atoms with Crippen LogP contribution >= 0.6 is 0 Å². The molecule has 7 heteroatoms. The maximum absolute atomic E-state index is 13.1. The van der Waals surface area contributed by atoms with E-state index >= 15 is 0 Å². The smallest absolute Gasteiger partial charge is 0.243 e. The van der Waals surface area contributed by atoms with Gasteiger partial charge in [-0.2, -0.15) is 5.26 Å². The zero-order valence-corrected chi connectivity index (χ0v) is 14.9. The van der Waals surface area contributed by atoms with Crippen LogP contribution in [0.4, 0.5) is 5.95 Å². The van der Waals surface area contributed by atoms with E-state index in [2.05, 4.69) is 16.0 Å². The van der Waals surface area contributed by atoms with Crippen LogP contribution in [0.1, 0.15) is 43.9 Å². The molecule has 0 unspecified atom stereocenters. The van der Waals surface area contributed by atoms with Crippen LogP contribution in [0.3, 0.4) is 0 Å². The third-order valence-corrected chi connectivity index (χ3v) is 5.08. The zero-order valence-electron chi connectivity index (χ0n) is 14.9. The average molecular weight is 343 g/mol. The van der Waals surface area contributed by atoms with E-state index in [1.165, 1.54) is 0 Å². The topological polar surface area (TPSA) is 82.4 Å². The summed E-state index contributed by atoms with van der Waals surface area (Å²) in [5.41, 5.74) is -0.0773. The molecule has 0 spiro atoms. The number of hydrogen-bond acceptors (Lipinski definition) is 6. The summed E-state index contributed by atoms with van der Waals surface area (Å²) >= 11 is 0. The SMILES string of the molecule is CN(C)c1nccc([C@@H]2CN(C(=O)C3(C#N)CCCCC3)CCO2)n1. The molecule has 0 bridgehead atoms. The van der Waals surface area contributed by atoms with Gasteiger partial charge in [-0.1, -0.05) is 19.3 Å². The zero-order chi connectivity index (χ0) is 17.9. The number of anilines is 1. The third kappa shape index (κ3) is 3.59. The Bertz CT molecular complexity index is 664. The lowest BCUT2D eigenvalue weighted by Gasteiger charge is -2.39. The van der Waals surface area contributed by atoms with Gasteiger partial charge in [0, 0.05) is 26.8 Å². The fraction of sp³-hybridized carbons (Fsp3) is 0.667. The van der Waals surface area contributed by atoms with Gasteiger partial charge >= 0.3 is 0 Å². The third-order valence-electron chi connectivity index (χ3n) is 5.08. The highest BCUT2D eigenvalue weighted by Crippen LogP contribution is 2.38. The Morgan fingerprint density at radius 2 is 2.16 bits per heavy atom. The molecule has 1 aromatic heterocycles. The van der Waals surface area contributed by atoms with Crippen LogP contribution in [0.15, 0.2) is 12.3 Å². The molecular formula is C18H25N5O2. The number of ether oxygens (including phenoxy) is 1. The van der Waals surface area contributed by atoms with Gasteiger partial charge in [-0.3, -0.25) is 4.79 Å². The fourth-order valence-electron chi connectivity index (χ4n) is 3.60. The van der Waals surface area contributed by atoms with Crippen LogP contribution in [0.2, 0.25) is 0 Å². The number of hydrogen-bond donors (Lipinski definition) is 0. The Labute approximate surface area is 148 Å². The molecule has 0 radical (unpaired) electrons. The molecule has 134 valence electrons. The molecule has 1 amide bonds. The lowest BCUT2D eigenvalue weighted by molar-refractivity contribution is -0.148. The molecule has 1 aliphatic heterocycles. The number of aromatic nitrogens is 2. The maximum Gasteiger partial charge on any atom is 0.243 e. The van der Waals surface area contributed by atoms with E-state index in [9.17, 15) is 10.1 Å². The van der Waals surface area contributed by atoms with Crippen LogP contribution < -0.4 is 4.90 Å². The Morgan fingerprint density at radius 3 is 2.84 bits per heavy atom. The summed E-state index contributed by atoms with van der Waals surface area (Å²) in [5.74, 6) is 0.579. The van der Waals surface area contributed by atoms with E-state index in [1.54, 1.807) is 11.1 Å². The van der Waals surface area contributed by atoms with Crippen molar-refractivity contribution in [1.29, 1.82) is 5.26 Å². The van der Waals surface area contributed by atoms with Crippen molar-refractivity contribution in [3.63, 3.8) is 0 Å². The summed E-state index contributed by atoms with van der Waals surface area (Å²) in [6.45, 7) is 1.43. The molecule has 2 aliphatic rings. The minimum absolute atomic E-state index is 0.0371. The van der Waals surface area contributed by atoms with Crippen molar-refractivity contribution in [3.8, 4) is 6.07 Å². The molecule has 1 aromatic rings. The number of carbonyl (C=O) groups excluding carboxylic acids is 1. The summed E-state index contributed by atoms with van der Waals surface area (Å²) in [4.78, 5) is 25.4. The average Bonchev–Trinajstić information content (AvgIpc) is 2.68. The van der Waals surface area contributed by atoms with Crippen molar-refractivity contribution < 1.29 is 9.53 Å². The van der Waals surface area contributed by atoms with Gasteiger partial charge in [0.15, 0.2) is 0 Å². The molecule has 0 N–H and O–H groups in total. The lowest BCUT2D eigenvalue weighted by atomic mass is 9.74. The van der Waals surface area contributed by atoms with E-state index in [1.807, 2.05) is 25.1 Å². The molecule has 7 nitrogen and oxygen atoms in total. The first kappa shape index (κ1) is 17.6. The lowest BCUT2D eigenvalue weighted by Crippen LogP contribution is -2.49. The van der Waals surface area contributed by atoms with Gasteiger partial charge in [0.2, 0.25) is 11.9 Å². The minimum atomic E-state index is -0.847. The summed E-state index contributed by atoms with van der Waals surface area (Å²) in [7, 11) is 3.77. The molecular weight excluding hydrogens is 318 g/mol. The quantitative estimate of drug-likeness (QED) is 0.834. The van der Waals surface area contributed by atoms with Crippen molar-refractivity contribution in [1.82, 2.24) is 14.9 Å². The van der Waals surface area contributed by atoms with Gasteiger partial charge < -0.3 is 14.5 Å². The van der Waals surface area contributed by atoms with E-state index in [4.69, 9.17) is 4.74 Å². The summed E-state index contributed by atoms with van der Waals surface area (Å²) < 4.78 is 5.85. The number of amides is 1. The molecule has 2 fully saturated rings. The standard InChI is InChI=1S/C18H25N5O2/c1-22(2)17-20-9-6-14(21-17)15-12-23(10-11-25-15)16(24)18(13-19)7-4-3-5-8-18/h6,9,15H,3-5,7-8,10-12H2,1-2H3/t15-/m0/s1. The second-order valence-electron chi connectivity index (χ2n) is 7.04. The van der Waals surface area contributed by atoms with Crippen molar-refractivity contribution in [2.75, 3.05) is 38.7 Å². The number of rotatable bonds is 3. The Morgan fingerprint density at radius 1 is 1.40 bits per heavy atom. The molecule has 3 rings (SSSR count). The first-order chi connectivity index (χ1) is 12.1. The van der Waals surface area contributed by atoms with Gasteiger partial charge in [0.1, 0.15) is 11.5 Å². The predicted octanol–water partition coefficient (Wildman–Crippen LogP) is 1.92. The van der Waals surface area contributed by atoms with E-state index in [0.717, 1.165) is 25.0 Å². The molecule has 1 atom stereocenters. The van der Waals surface area contributed by atoms with Gasteiger partial charge in [0.05, 0.1) is 24.9 Å². The van der Waals surface area contributed by atoms with Crippen molar-refractivity contribution >= 4 is 11.9 Å². The number of nitrogens with zero attached hydrogens (tertiary/aromatic N) is 5. The van der Waals surface area contributed by atoms with E-state index in [0.29, 0.717) is 38.5 Å². The first-order valence-corrected chi connectivity index (χ1v) is 8.88. The number of nitriles is 1. The maximum atomic E-state index is 13.1. The predicted molar refractivity (Wildman–Crippen MR) is 92.8 cm³/mol. The summed E-state index contributed by atoms with van der Waals surface area (Å²) in [6, 6.07) is 4.15. The van der Waals surface area contributed by atoms with Crippen molar-refractivity contribution in [2.45, 2.75) is 38.2 Å². The van der Waals surface area contributed by atoms with E-state index < -0.39 is 5.41 Å². The largest absolute Gasteiger partial charge is 0.368 e. The van der Waals surface area contributed by atoms with Crippen LogP contribution in [-0.2, 0) is 9.53 Å². The van der Waals surface area contributed by atoms with Gasteiger partial charge in [-0.15, -0.1) is 0 Å². The van der Waals surface area contributed by atoms with Crippen molar-refractivity contribution in [3.05, 3.63) is 18.0 Å². The Hall–Kier alpha value is -2.20. The molecule has 1 saturated heterocycles. The molecule has 1 saturated carbocycles. The number of carbonyl (C=O) groups is 1. The monoisotopic (exact) mass is 343 g/mol. The Balaban J connectivity index is 1.76. The number of morpholine rings is 1. The van der Waals surface area contributed by atoms with Gasteiger partial charge in [0.25, 0.3) is 0 Å². The highest BCUT2D eigenvalue weighted by Gasteiger charge is 2.43. The highest BCUT2D eigenvalue weighted by molar-refractivity contribution is 5.85. The highest BCUT2D eigenvalue weighted by atomic mass is 16.5. The summed E-state index contributed by atoms with van der Waals surface area (Å²) in [6.07, 6.45) is 5.77. The molecule has 25 heavy (non-hydrogen) atoms. The van der Waals surface area contributed by atoms with E-state index in [-0.39, 0.29) is 12.0 Å². The molecule has 2 heterocycles. The minimum Gasteiger partial charge on any atom is -0.368 e. The fourth-order valence-corrected chi connectivity index (χ4v) is 3.60. The van der Waals surface area contributed by atoms with Crippen LogP contribution in [0, 0.1) is 16.7 Å². The van der Waals surface area contributed by atoms with Gasteiger partial charge in [-0.05, 0) is 18.9 Å². The molecule has 0 aromatic carbocycles. The Kier molecular flexibility index (Phi) is 5.19. The second kappa shape index (κ2) is 7.36. The van der Waals surface area contributed by atoms with Crippen LogP contribution in [0.25, 0.3) is 0 Å². The first-order valence-electron chi connectivity index (χ1n) is 8.88. The van der Waals surface area contributed by atoms with Crippen molar-refractivity contribution in [2.24, 2.45) is 5.41 Å². The normalized spacial score (nSPS) is 22.9.